The molecule has 0 saturated carbocycles. The van der Waals surface area contributed by atoms with Gasteiger partial charge >= 0.3 is 0 Å². The number of halogens is 2. The Hall–Kier alpha value is -1.62. The van der Waals surface area contributed by atoms with Crippen LogP contribution in [0.4, 0.5) is 0 Å². The Bertz CT molecular complexity index is 830. The van der Waals surface area contributed by atoms with E-state index in [0.29, 0.717) is 11.8 Å². The van der Waals surface area contributed by atoms with Gasteiger partial charge in [-0.25, -0.2) is 0 Å². The van der Waals surface area contributed by atoms with Crippen LogP contribution >= 0.6 is 24.8 Å². The molecule has 2 fully saturated rings. The van der Waals surface area contributed by atoms with Crippen molar-refractivity contribution < 1.29 is 4.79 Å². The van der Waals surface area contributed by atoms with Gasteiger partial charge in [0.15, 0.2) is 0 Å². The number of aryl methyl sites for hydroxylation is 2. The number of pyridine rings is 1. The molecule has 1 aromatic heterocycles. The number of hydrogen-bond donors (Lipinski definition) is 1. The van der Waals surface area contributed by atoms with Crippen LogP contribution in [-0.2, 0) is 12.8 Å². The molecule has 2 saturated heterocycles. The third-order valence-electron chi connectivity index (χ3n) is 6.38. The summed E-state index contributed by atoms with van der Waals surface area (Å²) in [5.41, 5.74) is 4.48. The summed E-state index contributed by atoms with van der Waals surface area (Å²) in [7, 11) is 0. The summed E-state index contributed by atoms with van der Waals surface area (Å²) in [4.78, 5) is 20.1. The van der Waals surface area contributed by atoms with Gasteiger partial charge in [-0.2, -0.15) is 0 Å². The maximum Gasteiger partial charge on any atom is 0.255 e. The third kappa shape index (κ3) is 3.66. The molecule has 3 atom stereocenters. The largest absolute Gasteiger partial charge is 0.331 e. The van der Waals surface area contributed by atoms with E-state index in [0.717, 1.165) is 38.0 Å². The predicted octanol–water partition coefficient (Wildman–Crippen LogP) is 3.84. The molecular formula is C22H27Cl2N3O. The second-order valence-electron chi connectivity index (χ2n) is 7.93. The van der Waals surface area contributed by atoms with E-state index in [4.69, 9.17) is 0 Å². The molecule has 5 rings (SSSR count). The summed E-state index contributed by atoms with van der Waals surface area (Å²) in [6.45, 7) is 2.85. The standard InChI is InChI=1S/C22H25N3O.2ClH/c26-22(17-10-16-8-4-5-9-20(16)24-12-17)25-14-18-11-23-13-19(18)21(25)15-6-2-1-3-7-15;;/h1-3,6-7,10,12,18-19,21,23H,4-5,8-9,11,13-14H2;2*1H/t18-,19-,21-;;/m0../s1. The zero-order valence-electron chi connectivity index (χ0n) is 15.8. The SMILES string of the molecule is Cl.Cl.O=C(c1cnc2c(c1)CCCC2)N1C[C@@H]2CNC[C@@H]2[C@@H]1c1ccccc1. The van der Waals surface area contributed by atoms with Crippen LogP contribution in [0.1, 0.15) is 46.1 Å². The van der Waals surface area contributed by atoms with Crippen molar-refractivity contribution in [2.45, 2.75) is 31.7 Å². The fourth-order valence-electron chi connectivity index (χ4n) is 5.08. The number of benzene rings is 1. The van der Waals surface area contributed by atoms with E-state index in [-0.39, 0.29) is 36.8 Å². The Balaban J connectivity index is 0.00000112. The lowest BCUT2D eigenvalue weighted by Crippen LogP contribution is -2.35. The number of hydrogen-bond acceptors (Lipinski definition) is 3. The molecular weight excluding hydrogens is 393 g/mol. The number of likely N-dealkylation sites (tertiary alicyclic amines) is 1. The van der Waals surface area contributed by atoms with Crippen molar-refractivity contribution in [2.75, 3.05) is 19.6 Å². The number of carbonyl (C=O) groups is 1. The molecule has 150 valence electrons. The summed E-state index contributed by atoms with van der Waals surface area (Å²) in [6, 6.07) is 12.8. The number of nitrogens with one attached hydrogen (secondary N) is 1. The molecule has 1 amide bonds. The van der Waals surface area contributed by atoms with Crippen LogP contribution in [0.2, 0.25) is 0 Å². The number of nitrogens with zero attached hydrogens (tertiary/aromatic N) is 2. The lowest BCUT2D eigenvalue weighted by molar-refractivity contribution is 0.0713. The number of aromatic nitrogens is 1. The fraction of sp³-hybridized carbons (Fsp3) is 0.455. The highest BCUT2D eigenvalue weighted by molar-refractivity contribution is 5.94. The van der Waals surface area contributed by atoms with Crippen molar-refractivity contribution in [2.24, 2.45) is 11.8 Å². The highest BCUT2D eigenvalue weighted by Gasteiger charge is 2.46. The Morgan fingerprint density at radius 2 is 1.86 bits per heavy atom. The number of fused-ring (bicyclic) bond motifs is 2. The fourth-order valence-corrected chi connectivity index (χ4v) is 5.08. The predicted molar refractivity (Wildman–Crippen MR) is 115 cm³/mol. The minimum Gasteiger partial charge on any atom is -0.331 e. The molecule has 0 spiro atoms. The average molecular weight is 420 g/mol. The van der Waals surface area contributed by atoms with Crippen molar-refractivity contribution in [3.63, 3.8) is 0 Å². The van der Waals surface area contributed by atoms with E-state index < -0.39 is 0 Å². The topological polar surface area (TPSA) is 45.2 Å². The first-order chi connectivity index (χ1) is 12.8. The minimum atomic E-state index is 0. The Morgan fingerprint density at radius 3 is 2.68 bits per heavy atom. The van der Waals surface area contributed by atoms with Gasteiger partial charge in [0.2, 0.25) is 0 Å². The molecule has 6 heteroatoms. The Morgan fingerprint density at radius 1 is 1.07 bits per heavy atom. The Labute approximate surface area is 178 Å². The van der Waals surface area contributed by atoms with Gasteiger partial charge in [-0.15, -0.1) is 24.8 Å². The normalized spacial score (nSPS) is 25.3. The first-order valence-corrected chi connectivity index (χ1v) is 9.85. The second kappa shape index (κ2) is 8.81. The first-order valence-electron chi connectivity index (χ1n) is 9.85. The van der Waals surface area contributed by atoms with E-state index in [1.54, 1.807) is 6.20 Å². The minimum absolute atomic E-state index is 0. The van der Waals surface area contributed by atoms with Crippen molar-refractivity contribution >= 4 is 30.7 Å². The van der Waals surface area contributed by atoms with E-state index in [1.807, 2.05) is 6.07 Å². The van der Waals surface area contributed by atoms with Crippen LogP contribution in [0.3, 0.4) is 0 Å². The maximum atomic E-state index is 13.4. The van der Waals surface area contributed by atoms with Gasteiger partial charge in [0.25, 0.3) is 5.91 Å². The monoisotopic (exact) mass is 419 g/mol. The summed E-state index contributed by atoms with van der Waals surface area (Å²) in [5, 5.41) is 3.51. The van der Waals surface area contributed by atoms with Gasteiger partial charge in [0.1, 0.15) is 0 Å². The molecule has 0 unspecified atom stereocenters. The summed E-state index contributed by atoms with van der Waals surface area (Å²) in [6.07, 6.45) is 6.34. The van der Waals surface area contributed by atoms with Crippen LogP contribution in [0, 0.1) is 11.8 Å². The number of rotatable bonds is 2. The molecule has 0 bridgehead atoms. The summed E-state index contributed by atoms with van der Waals surface area (Å²) < 4.78 is 0. The molecule has 2 aliphatic heterocycles. The van der Waals surface area contributed by atoms with Gasteiger partial charge in [-0.1, -0.05) is 30.3 Å². The summed E-state index contributed by atoms with van der Waals surface area (Å²) in [5.74, 6) is 1.20. The second-order valence-corrected chi connectivity index (χ2v) is 7.93. The molecule has 1 N–H and O–H groups in total. The molecule has 1 aromatic carbocycles. The lowest BCUT2D eigenvalue weighted by atomic mass is 9.89. The van der Waals surface area contributed by atoms with Gasteiger partial charge in [0.05, 0.1) is 11.6 Å². The molecule has 0 radical (unpaired) electrons. The van der Waals surface area contributed by atoms with Crippen molar-refractivity contribution in [1.82, 2.24) is 15.2 Å². The Kier molecular flexibility index (Phi) is 6.64. The molecule has 4 nitrogen and oxygen atoms in total. The maximum absolute atomic E-state index is 13.4. The molecule has 3 heterocycles. The zero-order chi connectivity index (χ0) is 17.5. The van der Waals surface area contributed by atoms with E-state index in [9.17, 15) is 4.79 Å². The lowest BCUT2D eigenvalue weighted by Gasteiger charge is -2.29. The van der Waals surface area contributed by atoms with Crippen LogP contribution in [0.5, 0.6) is 0 Å². The van der Waals surface area contributed by atoms with Crippen molar-refractivity contribution in [1.29, 1.82) is 0 Å². The highest BCUT2D eigenvalue weighted by atomic mass is 35.5. The highest BCUT2D eigenvalue weighted by Crippen LogP contribution is 2.43. The smallest absolute Gasteiger partial charge is 0.255 e. The summed E-state index contributed by atoms with van der Waals surface area (Å²) >= 11 is 0. The average Bonchev–Trinajstić information content (AvgIpc) is 3.29. The molecule has 2 aromatic rings. The van der Waals surface area contributed by atoms with Crippen molar-refractivity contribution in [3.8, 4) is 0 Å². The van der Waals surface area contributed by atoms with Crippen LogP contribution < -0.4 is 5.32 Å². The zero-order valence-corrected chi connectivity index (χ0v) is 17.5. The number of amides is 1. The van der Waals surface area contributed by atoms with Gasteiger partial charge in [-0.05, 0) is 48.8 Å². The number of carbonyl (C=O) groups excluding carboxylic acids is 1. The van der Waals surface area contributed by atoms with E-state index in [1.165, 1.54) is 29.7 Å². The van der Waals surface area contributed by atoms with E-state index >= 15 is 0 Å². The quantitative estimate of drug-likeness (QED) is 0.803. The molecule has 3 aliphatic rings. The third-order valence-corrected chi connectivity index (χ3v) is 6.38. The molecule has 28 heavy (non-hydrogen) atoms. The van der Waals surface area contributed by atoms with Crippen LogP contribution in [0.25, 0.3) is 0 Å². The van der Waals surface area contributed by atoms with Crippen LogP contribution in [0.15, 0.2) is 42.6 Å². The molecule has 1 aliphatic carbocycles. The van der Waals surface area contributed by atoms with E-state index in [2.05, 4.69) is 45.5 Å². The van der Waals surface area contributed by atoms with Gasteiger partial charge < -0.3 is 10.2 Å². The first kappa shape index (κ1) is 21.1. The van der Waals surface area contributed by atoms with Gasteiger partial charge in [-0.3, -0.25) is 9.78 Å². The van der Waals surface area contributed by atoms with Crippen LogP contribution in [-0.4, -0.2) is 35.4 Å². The van der Waals surface area contributed by atoms with Crippen molar-refractivity contribution in [3.05, 3.63) is 65.0 Å². The van der Waals surface area contributed by atoms with Gasteiger partial charge in [0, 0.05) is 37.4 Å².